The van der Waals surface area contributed by atoms with Crippen molar-refractivity contribution in [3.63, 3.8) is 0 Å². The third-order valence-electron chi connectivity index (χ3n) is 3.89. The maximum Gasteiger partial charge on any atom is 0.0946 e. The molecule has 1 aromatic carbocycles. The summed E-state index contributed by atoms with van der Waals surface area (Å²) in [7, 11) is 0. The van der Waals surface area contributed by atoms with Crippen LogP contribution in [0.25, 0.3) is 10.9 Å². The molecule has 0 N–H and O–H groups in total. The molecule has 3 heteroatoms. The normalized spacial score (nSPS) is 12.8. The smallest absolute Gasteiger partial charge is 0.0946 e. The Bertz CT molecular complexity index is 652. The van der Waals surface area contributed by atoms with Crippen molar-refractivity contribution in [3.8, 4) is 0 Å². The Labute approximate surface area is 119 Å². The third-order valence-corrected chi connectivity index (χ3v) is 3.89. The van der Waals surface area contributed by atoms with Crippen LogP contribution in [0.5, 0.6) is 0 Å². The van der Waals surface area contributed by atoms with Gasteiger partial charge in [-0.2, -0.15) is 0 Å². The first-order chi connectivity index (χ1) is 9.88. The topological polar surface area (TPSA) is 22.8 Å². The van der Waals surface area contributed by atoms with Gasteiger partial charge in [0, 0.05) is 30.7 Å². The number of imidazole rings is 1. The average molecular weight is 267 g/mol. The summed E-state index contributed by atoms with van der Waals surface area (Å²) < 4.78 is 4.60. The number of aromatic nitrogens is 3. The number of para-hydroxylation sites is 1. The highest BCUT2D eigenvalue weighted by molar-refractivity contribution is 5.80. The fourth-order valence-corrected chi connectivity index (χ4v) is 2.82. The highest BCUT2D eigenvalue weighted by Crippen LogP contribution is 2.24. The highest BCUT2D eigenvalue weighted by atomic mass is 15.1. The Balaban J connectivity index is 1.91. The van der Waals surface area contributed by atoms with Gasteiger partial charge in [-0.3, -0.25) is 0 Å². The second-order valence-electron chi connectivity index (χ2n) is 5.34. The van der Waals surface area contributed by atoms with Crippen LogP contribution in [-0.2, 0) is 6.54 Å². The molecule has 0 aliphatic heterocycles. The quantitative estimate of drug-likeness (QED) is 0.654. The number of rotatable bonds is 6. The van der Waals surface area contributed by atoms with Gasteiger partial charge in [0.25, 0.3) is 0 Å². The fourth-order valence-electron chi connectivity index (χ4n) is 2.82. The molecule has 0 amide bonds. The largest absolute Gasteiger partial charge is 0.343 e. The Morgan fingerprint density at radius 3 is 2.85 bits per heavy atom. The molecule has 3 rings (SSSR count). The predicted octanol–water partition coefficient (Wildman–Crippen LogP) is 4.27. The third kappa shape index (κ3) is 2.62. The molecule has 0 saturated heterocycles. The molecule has 1 atom stereocenters. The molecular formula is C17H21N3. The number of nitrogens with zero attached hydrogens (tertiary/aromatic N) is 3. The van der Waals surface area contributed by atoms with Crippen molar-refractivity contribution >= 4 is 10.9 Å². The molecule has 1 unspecified atom stereocenters. The number of hydrogen-bond donors (Lipinski definition) is 0. The lowest BCUT2D eigenvalue weighted by Crippen LogP contribution is -2.14. The van der Waals surface area contributed by atoms with Crippen molar-refractivity contribution in [1.82, 2.24) is 14.1 Å². The minimum absolute atomic E-state index is 0.490. The lowest BCUT2D eigenvalue weighted by Gasteiger charge is -2.20. The summed E-state index contributed by atoms with van der Waals surface area (Å²) in [5.74, 6) is 0. The molecule has 0 saturated carbocycles. The summed E-state index contributed by atoms with van der Waals surface area (Å²) in [5.41, 5.74) is 1.33. The van der Waals surface area contributed by atoms with E-state index in [2.05, 4.69) is 57.6 Å². The lowest BCUT2D eigenvalue weighted by molar-refractivity contribution is 0.401. The minimum Gasteiger partial charge on any atom is -0.343 e. The van der Waals surface area contributed by atoms with Crippen LogP contribution < -0.4 is 0 Å². The maximum atomic E-state index is 4.15. The van der Waals surface area contributed by atoms with Crippen LogP contribution in [0.2, 0.25) is 0 Å². The Morgan fingerprint density at radius 2 is 2.05 bits per heavy atom. The lowest BCUT2D eigenvalue weighted by atomic mass is 10.1. The van der Waals surface area contributed by atoms with Crippen molar-refractivity contribution in [1.29, 1.82) is 0 Å². The molecule has 0 bridgehead atoms. The van der Waals surface area contributed by atoms with Crippen molar-refractivity contribution in [2.75, 3.05) is 0 Å². The summed E-state index contributed by atoms with van der Waals surface area (Å²) >= 11 is 0. The van der Waals surface area contributed by atoms with Gasteiger partial charge < -0.3 is 9.13 Å². The monoisotopic (exact) mass is 267 g/mol. The molecule has 0 radical (unpaired) electrons. The first-order valence-corrected chi connectivity index (χ1v) is 7.40. The first kappa shape index (κ1) is 13.0. The van der Waals surface area contributed by atoms with E-state index in [0.717, 1.165) is 6.54 Å². The maximum absolute atomic E-state index is 4.15. The van der Waals surface area contributed by atoms with Gasteiger partial charge in [0.1, 0.15) is 0 Å². The summed E-state index contributed by atoms with van der Waals surface area (Å²) in [6.45, 7) is 3.24. The van der Waals surface area contributed by atoms with E-state index < -0.39 is 0 Å². The SMILES string of the molecule is CCCCC(Cn1ccnc1)n1ccc2ccccc21. The van der Waals surface area contributed by atoms with Crippen LogP contribution in [0.4, 0.5) is 0 Å². The van der Waals surface area contributed by atoms with Crippen molar-refractivity contribution in [2.24, 2.45) is 0 Å². The van der Waals surface area contributed by atoms with Crippen molar-refractivity contribution in [2.45, 2.75) is 38.8 Å². The zero-order valence-corrected chi connectivity index (χ0v) is 11.9. The molecule has 3 nitrogen and oxygen atoms in total. The standard InChI is InChI=1S/C17H21N3/c1-2-3-7-16(13-19-12-10-18-14-19)20-11-9-15-6-4-5-8-17(15)20/h4-6,8-12,14,16H,2-3,7,13H2,1H3. The van der Waals surface area contributed by atoms with E-state index >= 15 is 0 Å². The van der Waals surface area contributed by atoms with Crippen LogP contribution in [-0.4, -0.2) is 14.1 Å². The Morgan fingerprint density at radius 1 is 1.15 bits per heavy atom. The summed E-state index contributed by atoms with van der Waals surface area (Å²) in [4.78, 5) is 4.15. The van der Waals surface area contributed by atoms with E-state index in [-0.39, 0.29) is 0 Å². The molecule has 3 aromatic rings. The van der Waals surface area contributed by atoms with Gasteiger partial charge in [-0.1, -0.05) is 38.0 Å². The Hall–Kier alpha value is -2.03. The van der Waals surface area contributed by atoms with Crippen molar-refractivity contribution < 1.29 is 0 Å². The van der Waals surface area contributed by atoms with E-state index in [0.29, 0.717) is 6.04 Å². The second kappa shape index (κ2) is 5.95. The van der Waals surface area contributed by atoms with Gasteiger partial charge in [0.2, 0.25) is 0 Å². The minimum atomic E-state index is 0.490. The molecule has 0 spiro atoms. The zero-order chi connectivity index (χ0) is 13.8. The second-order valence-corrected chi connectivity index (χ2v) is 5.34. The molecule has 2 heterocycles. The summed E-state index contributed by atoms with van der Waals surface area (Å²) in [6, 6.07) is 11.3. The van der Waals surface area contributed by atoms with Crippen molar-refractivity contribution in [3.05, 3.63) is 55.2 Å². The Kier molecular flexibility index (Phi) is 3.86. The number of benzene rings is 1. The van der Waals surface area contributed by atoms with Gasteiger partial charge in [0.05, 0.1) is 12.4 Å². The van der Waals surface area contributed by atoms with Gasteiger partial charge in [-0.15, -0.1) is 0 Å². The number of hydrogen-bond acceptors (Lipinski definition) is 1. The summed E-state index contributed by atoms with van der Waals surface area (Å²) in [6.07, 6.45) is 11.7. The summed E-state index contributed by atoms with van der Waals surface area (Å²) in [5, 5.41) is 1.32. The van der Waals surface area contributed by atoms with E-state index in [1.165, 1.54) is 30.2 Å². The average Bonchev–Trinajstić information content (AvgIpc) is 3.12. The first-order valence-electron chi connectivity index (χ1n) is 7.40. The van der Waals surface area contributed by atoms with Gasteiger partial charge in [0.15, 0.2) is 0 Å². The van der Waals surface area contributed by atoms with Crippen LogP contribution in [0, 0.1) is 0 Å². The number of unbranched alkanes of at least 4 members (excludes halogenated alkanes) is 1. The van der Waals surface area contributed by atoms with Gasteiger partial charge in [-0.05, 0) is 23.9 Å². The van der Waals surface area contributed by atoms with E-state index in [1.54, 1.807) is 0 Å². The van der Waals surface area contributed by atoms with Crippen LogP contribution in [0.1, 0.15) is 32.2 Å². The fraction of sp³-hybridized carbons (Fsp3) is 0.353. The molecule has 0 aliphatic rings. The van der Waals surface area contributed by atoms with E-state index in [4.69, 9.17) is 0 Å². The highest BCUT2D eigenvalue weighted by Gasteiger charge is 2.13. The van der Waals surface area contributed by atoms with E-state index in [1.807, 2.05) is 18.7 Å². The van der Waals surface area contributed by atoms with Gasteiger partial charge in [-0.25, -0.2) is 4.98 Å². The zero-order valence-electron chi connectivity index (χ0n) is 11.9. The number of fused-ring (bicyclic) bond motifs is 1. The predicted molar refractivity (Wildman–Crippen MR) is 82.7 cm³/mol. The molecule has 0 aliphatic carbocycles. The molecular weight excluding hydrogens is 246 g/mol. The van der Waals surface area contributed by atoms with Crippen LogP contribution in [0.15, 0.2) is 55.2 Å². The molecule has 0 fully saturated rings. The van der Waals surface area contributed by atoms with E-state index in [9.17, 15) is 0 Å². The van der Waals surface area contributed by atoms with Gasteiger partial charge >= 0.3 is 0 Å². The van der Waals surface area contributed by atoms with Crippen LogP contribution in [0.3, 0.4) is 0 Å². The molecule has 20 heavy (non-hydrogen) atoms. The van der Waals surface area contributed by atoms with Crippen LogP contribution >= 0.6 is 0 Å². The molecule has 104 valence electrons. The molecule has 2 aromatic heterocycles.